The van der Waals surface area contributed by atoms with E-state index < -0.39 is 17.9 Å². The van der Waals surface area contributed by atoms with Crippen molar-refractivity contribution in [2.45, 2.75) is 19.4 Å². The summed E-state index contributed by atoms with van der Waals surface area (Å²) in [6, 6.07) is -0.787. The molecule has 0 saturated carbocycles. The molecule has 1 fully saturated rings. The van der Waals surface area contributed by atoms with Gasteiger partial charge >= 0.3 is 5.97 Å². The van der Waals surface area contributed by atoms with Crippen molar-refractivity contribution in [1.29, 1.82) is 0 Å². The molecule has 0 aromatic carbocycles. The molecule has 1 aromatic rings. The highest BCUT2D eigenvalue weighted by atomic mass is 16.4. The zero-order valence-electron chi connectivity index (χ0n) is 10.4. The molecule has 2 heterocycles. The van der Waals surface area contributed by atoms with Gasteiger partial charge in [-0.2, -0.15) is 0 Å². The van der Waals surface area contributed by atoms with Crippen molar-refractivity contribution < 1.29 is 19.5 Å². The van der Waals surface area contributed by atoms with Gasteiger partial charge in [-0.05, 0) is 6.92 Å². The van der Waals surface area contributed by atoms with Gasteiger partial charge in [0.2, 0.25) is 5.91 Å². The van der Waals surface area contributed by atoms with Crippen LogP contribution in [0.2, 0.25) is 0 Å². The lowest BCUT2D eigenvalue weighted by Gasteiger charge is -2.13. The number of likely N-dealkylation sites (N-methyl/N-ethyl adjacent to an activating group) is 1. The van der Waals surface area contributed by atoms with Crippen molar-refractivity contribution in [3.63, 3.8) is 0 Å². The van der Waals surface area contributed by atoms with Crippen LogP contribution in [0.3, 0.4) is 0 Å². The number of amides is 2. The topological polar surface area (TPSA) is 112 Å². The lowest BCUT2D eigenvalue weighted by atomic mass is 10.2. The molecule has 2 amide bonds. The van der Waals surface area contributed by atoms with Crippen LogP contribution in [0.25, 0.3) is 0 Å². The third kappa shape index (κ3) is 2.37. The van der Waals surface area contributed by atoms with Gasteiger partial charge in [0.25, 0.3) is 5.91 Å². The van der Waals surface area contributed by atoms with Gasteiger partial charge in [0, 0.05) is 13.2 Å². The van der Waals surface area contributed by atoms with E-state index >= 15 is 0 Å². The van der Waals surface area contributed by atoms with Gasteiger partial charge < -0.3 is 10.4 Å². The Bertz CT molecular complexity index is 572. The Balaban J connectivity index is 2.29. The number of imide groups is 1. The number of nitrogens with one attached hydrogen (secondary N) is 1. The fourth-order valence-corrected chi connectivity index (χ4v) is 1.77. The lowest BCUT2D eigenvalue weighted by Crippen LogP contribution is -2.32. The van der Waals surface area contributed by atoms with E-state index in [0.717, 1.165) is 11.1 Å². The number of anilines is 1. The summed E-state index contributed by atoms with van der Waals surface area (Å²) in [5.74, 6) is -1.51. The van der Waals surface area contributed by atoms with Crippen molar-refractivity contribution in [2.24, 2.45) is 0 Å². The summed E-state index contributed by atoms with van der Waals surface area (Å²) in [5.41, 5.74) is -0.139. The van der Waals surface area contributed by atoms with Gasteiger partial charge in [0.05, 0.1) is 6.42 Å². The normalized spacial score (nSPS) is 18.8. The summed E-state index contributed by atoms with van der Waals surface area (Å²) >= 11 is 0. The minimum Gasteiger partial charge on any atom is -0.477 e. The van der Waals surface area contributed by atoms with Crippen LogP contribution in [-0.4, -0.2) is 50.8 Å². The molecule has 8 nitrogen and oxygen atoms in total. The molecule has 2 N–H and O–H groups in total. The number of carbonyl (C=O) groups is 3. The monoisotopic (exact) mass is 264 g/mol. The Labute approximate surface area is 108 Å². The predicted octanol–water partition coefficient (Wildman–Crippen LogP) is -0.348. The number of nitrogens with zero attached hydrogens (tertiary/aromatic N) is 3. The first-order chi connectivity index (χ1) is 8.90. The molecule has 1 aromatic heterocycles. The molecule has 0 radical (unpaired) electrons. The summed E-state index contributed by atoms with van der Waals surface area (Å²) in [7, 11) is 1.38. The summed E-state index contributed by atoms with van der Waals surface area (Å²) < 4.78 is 0. The second-order valence-corrected chi connectivity index (χ2v) is 4.18. The Morgan fingerprint density at radius 3 is 2.74 bits per heavy atom. The van der Waals surface area contributed by atoms with Crippen LogP contribution >= 0.6 is 0 Å². The standard InChI is InChI=1S/C11H12N4O4/c1-5-12-4-6(11(18)19)9(13-5)14-7-3-8(16)15(2)10(7)17/h4,7H,3H2,1-2H3,(H,18,19)(H,12,13,14). The number of rotatable bonds is 3. The van der Waals surface area contributed by atoms with Crippen molar-refractivity contribution in [3.05, 3.63) is 17.6 Å². The zero-order valence-corrected chi connectivity index (χ0v) is 10.4. The van der Waals surface area contributed by atoms with E-state index in [2.05, 4.69) is 15.3 Å². The predicted molar refractivity (Wildman–Crippen MR) is 63.5 cm³/mol. The van der Waals surface area contributed by atoms with Crippen molar-refractivity contribution >= 4 is 23.6 Å². The number of carboxylic acid groups (broad SMARTS) is 1. The van der Waals surface area contributed by atoms with E-state index in [0.29, 0.717) is 5.82 Å². The first kappa shape index (κ1) is 12.9. The maximum atomic E-state index is 11.7. The second kappa shape index (κ2) is 4.63. The van der Waals surface area contributed by atoms with Gasteiger partial charge in [0.15, 0.2) is 0 Å². The SMILES string of the molecule is Cc1ncc(C(=O)O)c(NC2CC(=O)N(C)C2=O)n1. The van der Waals surface area contributed by atoms with E-state index in [-0.39, 0.29) is 23.7 Å². The molecule has 1 saturated heterocycles. The minimum absolute atomic E-state index is 0.0164. The second-order valence-electron chi connectivity index (χ2n) is 4.18. The van der Waals surface area contributed by atoms with Gasteiger partial charge in [0.1, 0.15) is 23.2 Å². The minimum atomic E-state index is -1.20. The Morgan fingerprint density at radius 1 is 1.53 bits per heavy atom. The van der Waals surface area contributed by atoms with E-state index in [1.54, 1.807) is 6.92 Å². The van der Waals surface area contributed by atoms with Gasteiger partial charge in [-0.15, -0.1) is 0 Å². The quantitative estimate of drug-likeness (QED) is 0.717. The number of hydrogen-bond acceptors (Lipinski definition) is 6. The van der Waals surface area contributed by atoms with Gasteiger partial charge in [-0.3, -0.25) is 14.5 Å². The number of carboxylic acids is 1. The van der Waals surface area contributed by atoms with E-state index in [1.807, 2.05) is 0 Å². The van der Waals surface area contributed by atoms with Crippen LogP contribution in [0.15, 0.2) is 6.20 Å². The summed E-state index contributed by atoms with van der Waals surface area (Å²) in [6.45, 7) is 1.60. The highest BCUT2D eigenvalue weighted by molar-refractivity contribution is 6.07. The number of aromatic nitrogens is 2. The maximum Gasteiger partial charge on any atom is 0.341 e. The first-order valence-electron chi connectivity index (χ1n) is 5.54. The fraction of sp³-hybridized carbons (Fsp3) is 0.364. The van der Waals surface area contributed by atoms with Crippen molar-refractivity contribution in [2.75, 3.05) is 12.4 Å². The average molecular weight is 264 g/mol. The third-order valence-electron chi connectivity index (χ3n) is 2.83. The van der Waals surface area contributed by atoms with E-state index in [9.17, 15) is 14.4 Å². The van der Waals surface area contributed by atoms with Gasteiger partial charge in [-0.25, -0.2) is 14.8 Å². The van der Waals surface area contributed by atoms with E-state index in [1.165, 1.54) is 7.05 Å². The Hall–Kier alpha value is -2.51. The zero-order chi connectivity index (χ0) is 14.2. The van der Waals surface area contributed by atoms with Crippen LogP contribution < -0.4 is 5.32 Å². The maximum absolute atomic E-state index is 11.7. The molecule has 0 spiro atoms. The Kier molecular flexibility index (Phi) is 3.16. The largest absolute Gasteiger partial charge is 0.477 e. The fourth-order valence-electron chi connectivity index (χ4n) is 1.77. The van der Waals surface area contributed by atoms with E-state index in [4.69, 9.17) is 5.11 Å². The molecule has 0 bridgehead atoms. The highest BCUT2D eigenvalue weighted by Gasteiger charge is 2.36. The number of aryl methyl sites for hydroxylation is 1. The molecular formula is C11H12N4O4. The third-order valence-corrected chi connectivity index (χ3v) is 2.83. The molecule has 1 aliphatic heterocycles. The van der Waals surface area contributed by atoms with Crippen LogP contribution in [-0.2, 0) is 9.59 Å². The number of carbonyl (C=O) groups excluding carboxylic acids is 2. The molecule has 1 atom stereocenters. The average Bonchev–Trinajstić information content (AvgIpc) is 2.57. The smallest absolute Gasteiger partial charge is 0.341 e. The molecule has 0 aliphatic carbocycles. The van der Waals surface area contributed by atoms with Crippen LogP contribution in [0, 0.1) is 6.92 Å². The molecular weight excluding hydrogens is 252 g/mol. The number of hydrogen-bond donors (Lipinski definition) is 2. The highest BCUT2D eigenvalue weighted by Crippen LogP contribution is 2.18. The summed E-state index contributed by atoms with van der Waals surface area (Å²) in [6.07, 6.45) is 1.15. The van der Waals surface area contributed by atoms with Crippen molar-refractivity contribution in [1.82, 2.24) is 14.9 Å². The molecule has 100 valence electrons. The molecule has 19 heavy (non-hydrogen) atoms. The molecule has 8 heteroatoms. The van der Waals surface area contributed by atoms with Crippen molar-refractivity contribution in [3.8, 4) is 0 Å². The molecule has 1 aliphatic rings. The van der Waals surface area contributed by atoms with Crippen LogP contribution in [0.1, 0.15) is 22.6 Å². The summed E-state index contributed by atoms with van der Waals surface area (Å²) in [5, 5.41) is 11.7. The molecule has 1 unspecified atom stereocenters. The lowest BCUT2D eigenvalue weighted by molar-refractivity contribution is -0.136. The van der Waals surface area contributed by atoms with Crippen LogP contribution in [0.5, 0.6) is 0 Å². The Morgan fingerprint density at radius 2 is 2.21 bits per heavy atom. The first-order valence-corrected chi connectivity index (χ1v) is 5.54. The number of likely N-dealkylation sites (tertiary alicyclic amines) is 1. The molecule has 2 rings (SSSR count). The van der Waals surface area contributed by atoms with Gasteiger partial charge in [-0.1, -0.05) is 0 Å². The van der Waals surface area contributed by atoms with Crippen LogP contribution in [0.4, 0.5) is 5.82 Å². The number of aromatic carboxylic acids is 1. The summed E-state index contributed by atoms with van der Waals surface area (Å²) in [4.78, 5) is 42.9.